The molecule has 0 radical (unpaired) electrons. The quantitative estimate of drug-likeness (QED) is 0.208. The first-order valence-corrected chi connectivity index (χ1v) is 13.0. The average molecular weight is 478 g/mol. The number of nitrogens with zero attached hydrogens (tertiary/aromatic N) is 1. The predicted octanol–water partition coefficient (Wildman–Crippen LogP) is 5.78. The molecule has 2 aromatic carbocycles. The van der Waals surface area contributed by atoms with E-state index in [0.29, 0.717) is 28.7 Å². The maximum Gasteiger partial charge on any atom is 0.337 e. The third kappa shape index (κ3) is 6.76. The average Bonchev–Trinajstić information content (AvgIpc) is 2.66. The van der Waals surface area contributed by atoms with E-state index in [1.54, 1.807) is 30.5 Å². The summed E-state index contributed by atoms with van der Waals surface area (Å²) in [4.78, 5) is 16.0. The molecular weight excluding hydrogens is 454 g/mol. The van der Waals surface area contributed by atoms with E-state index in [1.807, 2.05) is 12.1 Å². The molecule has 0 saturated heterocycles. The van der Waals surface area contributed by atoms with Gasteiger partial charge in [0.15, 0.2) is 17.4 Å². The number of carbonyl (C=O) groups is 1. The summed E-state index contributed by atoms with van der Waals surface area (Å²) in [5.41, 5.74) is 1.09. The number of aliphatic imine (C=N–C) groups is 1. The van der Waals surface area contributed by atoms with Crippen molar-refractivity contribution in [1.29, 1.82) is 0 Å². The summed E-state index contributed by atoms with van der Waals surface area (Å²) in [6, 6.07) is 10.4. The molecule has 2 rings (SSSR count). The molecule has 0 atom stereocenters. The zero-order valence-corrected chi connectivity index (χ0v) is 19.7. The molecule has 8 heteroatoms. The van der Waals surface area contributed by atoms with Gasteiger partial charge in [0.25, 0.3) is 0 Å². The van der Waals surface area contributed by atoms with Gasteiger partial charge in [-0.25, -0.2) is 9.79 Å². The minimum atomic E-state index is -1.78. The van der Waals surface area contributed by atoms with Crippen molar-refractivity contribution >= 4 is 36.4 Å². The summed E-state index contributed by atoms with van der Waals surface area (Å²) < 4.78 is 22.8. The molecule has 0 unspecified atom stereocenters. The van der Waals surface area contributed by atoms with Crippen LogP contribution in [0.15, 0.2) is 58.3 Å². The zero-order valence-electron chi connectivity index (χ0n) is 17.1. The molecule has 0 saturated carbocycles. The van der Waals surface area contributed by atoms with Gasteiger partial charge >= 0.3 is 5.97 Å². The van der Waals surface area contributed by atoms with Gasteiger partial charge in [-0.05, 0) is 62.6 Å². The lowest BCUT2D eigenvalue weighted by atomic mass is 10.2. The van der Waals surface area contributed by atoms with Crippen LogP contribution in [0.4, 0.5) is 0 Å². The van der Waals surface area contributed by atoms with Gasteiger partial charge < -0.3 is 18.6 Å². The van der Waals surface area contributed by atoms with E-state index in [-0.39, 0.29) is 0 Å². The van der Waals surface area contributed by atoms with Crippen LogP contribution in [0.2, 0.25) is 19.6 Å². The highest BCUT2D eigenvalue weighted by molar-refractivity contribution is 9.10. The van der Waals surface area contributed by atoms with Crippen molar-refractivity contribution in [3.05, 3.63) is 64.5 Å². The van der Waals surface area contributed by atoms with Crippen LogP contribution in [0.3, 0.4) is 0 Å². The lowest BCUT2D eigenvalue weighted by Crippen LogP contribution is -2.24. The fraction of sp³-hybridized carbons (Fsp3) is 0.238. The highest BCUT2D eigenvalue weighted by Crippen LogP contribution is 2.34. The predicted molar refractivity (Wildman–Crippen MR) is 120 cm³/mol. The minimum absolute atomic E-state index is 0.357. The standard InChI is InChI=1S/C21H24BrNO5Si/c1-14(28-29(4,5)6)23-13-16-11-17(22)8-10-18(16)27-19-9-7-15(21(24)26-3)12-20(19)25-2/h7-13H,1H2,2-6H3/b23-13+. The number of rotatable bonds is 8. The maximum absolute atomic E-state index is 11.7. The van der Waals surface area contributed by atoms with Gasteiger partial charge in [-0.3, -0.25) is 0 Å². The Morgan fingerprint density at radius 3 is 2.38 bits per heavy atom. The van der Waals surface area contributed by atoms with Gasteiger partial charge in [-0.1, -0.05) is 15.9 Å². The largest absolute Gasteiger partial charge is 0.532 e. The van der Waals surface area contributed by atoms with Gasteiger partial charge in [0.05, 0.1) is 19.8 Å². The highest BCUT2D eigenvalue weighted by Gasteiger charge is 2.17. The number of hydrogen-bond acceptors (Lipinski definition) is 6. The molecule has 0 heterocycles. The number of halogens is 1. The smallest absolute Gasteiger partial charge is 0.337 e. The summed E-state index contributed by atoms with van der Waals surface area (Å²) in [5, 5.41) is 0. The Labute approximate surface area is 180 Å². The van der Waals surface area contributed by atoms with E-state index in [9.17, 15) is 4.79 Å². The summed E-state index contributed by atoms with van der Waals surface area (Å²) in [6.07, 6.45) is 1.64. The van der Waals surface area contributed by atoms with Crippen molar-refractivity contribution in [2.24, 2.45) is 4.99 Å². The summed E-state index contributed by atoms with van der Waals surface area (Å²) in [7, 11) is 1.05. The third-order valence-electron chi connectivity index (χ3n) is 3.55. The molecule has 0 aliphatic rings. The number of carbonyl (C=O) groups excluding carboxylic acids is 1. The van der Waals surface area contributed by atoms with Crippen LogP contribution in [-0.2, 0) is 9.16 Å². The second-order valence-electron chi connectivity index (χ2n) is 7.01. The molecule has 154 valence electrons. The van der Waals surface area contributed by atoms with Gasteiger partial charge in [-0.2, -0.15) is 0 Å². The van der Waals surface area contributed by atoms with Crippen LogP contribution in [0.1, 0.15) is 15.9 Å². The first-order chi connectivity index (χ1) is 13.6. The zero-order chi connectivity index (χ0) is 21.6. The first kappa shape index (κ1) is 22.7. The lowest BCUT2D eigenvalue weighted by Gasteiger charge is -2.18. The molecule has 0 amide bonds. The molecule has 0 aliphatic heterocycles. The number of benzene rings is 2. The summed E-state index contributed by atoms with van der Waals surface area (Å²) in [6.45, 7) is 10.0. The second kappa shape index (κ2) is 9.75. The van der Waals surface area contributed by atoms with E-state index in [2.05, 4.69) is 47.1 Å². The van der Waals surface area contributed by atoms with Crippen molar-refractivity contribution in [3.63, 3.8) is 0 Å². The molecule has 2 aromatic rings. The topological polar surface area (TPSA) is 66.4 Å². The maximum atomic E-state index is 11.7. The molecule has 0 N–H and O–H groups in total. The fourth-order valence-electron chi connectivity index (χ4n) is 2.35. The molecule has 0 aliphatic carbocycles. The van der Waals surface area contributed by atoms with E-state index >= 15 is 0 Å². The van der Waals surface area contributed by atoms with Crippen molar-refractivity contribution < 1.29 is 23.4 Å². The van der Waals surface area contributed by atoms with E-state index < -0.39 is 14.3 Å². The Bertz CT molecular complexity index is 937. The van der Waals surface area contributed by atoms with E-state index in [4.69, 9.17) is 18.6 Å². The number of hydrogen-bond donors (Lipinski definition) is 0. The van der Waals surface area contributed by atoms with Crippen LogP contribution in [0, 0.1) is 0 Å². The molecule has 6 nitrogen and oxygen atoms in total. The fourth-order valence-corrected chi connectivity index (χ4v) is 3.49. The summed E-state index contributed by atoms with van der Waals surface area (Å²) >= 11 is 3.46. The van der Waals surface area contributed by atoms with Crippen molar-refractivity contribution in [3.8, 4) is 17.2 Å². The van der Waals surface area contributed by atoms with Crippen LogP contribution in [0.25, 0.3) is 0 Å². The Morgan fingerprint density at radius 2 is 1.76 bits per heavy atom. The monoisotopic (exact) mass is 477 g/mol. The lowest BCUT2D eigenvalue weighted by molar-refractivity contribution is 0.0600. The molecule has 0 fully saturated rings. The third-order valence-corrected chi connectivity index (χ3v) is 4.89. The molecule has 0 aromatic heterocycles. The van der Waals surface area contributed by atoms with Gasteiger partial charge in [0, 0.05) is 16.3 Å². The molecule has 0 spiro atoms. The Balaban J connectivity index is 2.32. The van der Waals surface area contributed by atoms with E-state index in [0.717, 1.165) is 10.0 Å². The van der Waals surface area contributed by atoms with Crippen LogP contribution >= 0.6 is 15.9 Å². The van der Waals surface area contributed by atoms with Crippen molar-refractivity contribution in [2.75, 3.05) is 14.2 Å². The first-order valence-electron chi connectivity index (χ1n) is 8.78. The SMILES string of the molecule is C=C(/N=C/c1cc(Br)ccc1Oc1ccc(C(=O)OC)cc1OC)O[Si](C)(C)C. The number of methoxy groups -OCH3 is 2. The Hall–Kier alpha value is -2.58. The molecule has 0 bridgehead atoms. The Kier molecular flexibility index (Phi) is 7.64. The highest BCUT2D eigenvalue weighted by atomic mass is 79.9. The van der Waals surface area contributed by atoms with E-state index in [1.165, 1.54) is 14.2 Å². The van der Waals surface area contributed by atoms with Crippen LogP contribution in [-0.4, -0.2) is 34.7 Å². The number of esters is 1. The Morgan fingerprint density at radius 1 is 1.07 bits per heavy atom. The minimum Gasteiger partial charge on any atom is -0.532 e. The van der Waals surface area contributed by atoms with Gasteiger partial charge in [-0.15, -0.1) is 0 Å². The summed E-state index contributed by atoms with van der Waals surface area (Å²) in [5.74, 6) is 1.32. The van der Waals surface area contributed by atoms with Crippen LogP contribution < -0.4 is 9.47 Å². The normalized spacial score (nSPS) is 11.2. The second-order valence-corrected chi connectivity index (χ2v) is 12.4. The van der Waals surface area contributed by atoms with Crippen molar-refractivity contribution in [1.82, 2.24) is 0 Å². The van der Waals surface area contributed by atoms with Gasteiger partial charge in [0.2, 0.25) is 8.32 Å². The van der Waals surface area contributed by atoms with Gasteiger partial charge in [0.1, 0.15) is 5.75 Å². The molecular formula is C21H24BrNO5Si. The van der Waals surface area contributed by atoms with Crippen molar-refractivity contribution in [2.45, 2.75) is 19.6 Å². The van der Waals surface area contributed by atoms with Crippen LogP contribution in [0.5, 0.6) is 17.2 Å². The molecule has 29 heavy (non-hydrogen) atoms. The number of ether oxygens (including phenoxy) is 3.